The zero-order valence-corrected chi connectivity index (χ0v) is 27.5. The van der Waals surface area contributed by atoms with Gasteiger partial charge < -0.3 is 13.7 Å². The van der Waals surface area contributed by atoms with Crippen molar-refractivity contribution in [3.8, 4) is 33.7 Å². The van der Waals surface area contributed by atoms with E-state index in [4.69, 9.17) is 13.8 Å². The maximum absolute atomic E-state index is 6.52. The Balaban J connectivity index is 1.13. The quantitative estimate of drug-likeness (QED) is 0.179. The molecule has 4 heteroatoms. The van der Waals surface area contributed by atoms with Gasteiger partial charge in [-0.2, -0.15) is 0 Å². The lowest BCUT2D eigenvalue weighted by Gasteiger charge is -2.27. The fraction of sp³-hybridized carbons (Fsp3) is 0. The minimum absolute atomic E-state index is 0.620. The lowest BCUT2D eigenvalue weighted by Crippen LogP contribution is -2.10. The van der Waals surface area contributed by atoms with Crippen LogP contribution in [0.5, 0.6) is 0 Å². The highest BCUT2D eigenvalue weighted by atomic mass is 16.3. The second kappa shape index (κ2) is 11.9. The van der Waals surface area contributed by atoms with Crippen molar-refractivity contribution in [1.29, 1.82) is 0 Å². The molecule has 0 atom stereocenters. The molecule has 240 valence electrons. The molecule has 10 aromatic rings. The summed E-state index contributed by atoms with van der Waals surface area (Å²) in [6.07, 6.45) is 0. The molecule has 2 heterocycles. The van der Waals surface area contributed by atoms with Crippen LogP contribution in [0.15, 0.2) is 191 Å². The molecule has 0 aliphatic carbocycles. The topological polar surface area (TPSA) is 42.4 Å². The Morgan fingerprint density at radius 3 is 1.84 bits per heavy atom. The largest absolute Gasteiger partial charge is 0.456 e. The summed E-state index contributed by atoms with van der Waals surface area (Å²) in [7, 11) is 0. The molecule has 4 nitrogen and oxygen atoms in total. The summed E-state index contributed by atoms with van der Waals surface area (Å²) < 4.78 is 12.6. The average molecular weight is 655 g/mol. The summed E-state index contributed by atoms with van der Waals surface area (Å²) in [6, 6.07) is 63.5. The Kier molecular flexibility index (Phi) is 6.78. The zero-order valence-electron chi connectivity index (χ0n) is 27.5. The summed E-state index contributed by atoms with van der Waals surface area (Å²) in [5.41, 5.74) is 11.9. The SMILES string of the molecule is c1ccc(-c2ccc(N(c3ccc4ccccc4c3)c3cccc4oc5ccc(-c6ccc7oc(-c8ccccc8)nc7c6)cc5c34)cc2)cc1. The van der Waals surface area contributed by atoms with E-state index in [9.17, 15) is 0 Å². The summed E-state index contributed by atoms with van der Waals surface area (Å²) >= 11 is 0. The van der Waals surface area contributed by atoms with Gasteiger partial charge in [0.2, 0.25) is 5.89 Å². The third-order valence-corrected chi connectivity index (χ3v) is 9.68. The van der Waals surface area contributed by atoms with E-state index in [-0.39, 0.29) is 0 Å². The smallest absolute Gasteiger partial charge is 0.227 e. The first kappa shape index (κ1) is 29.0. The predicted octanol–water partition coefficient (Wildman–Crippen LogP) is 13.4. The van der Waals surface area contributed by atoms with Crippen LogP contribution in [-0.2, 0) is 0 Å². The molecule has 0 aliphatic rings. The molecule has 0 unspecified atom stereocenters. The summed E-state index contributed by atoms with van der Waals surface area (Å²) in [5, 5.41) is 4.50. The van der Waals surface area contributed by atoms with Crippen LogP contribution >= 0.6 is 0 Å². The summed E-state index contributed by atoms with van der Waals surface area (Å²) in [4.78, 5) is 7.18. The standard InChI is InChI=1S/C47H30N2O2/c1-3-10-31(11-4-1)33-18-23-38(24-19-33)49(39-25-20-32-12-7-8-15-35(32)28-39)42-16-9-17-45-46(42)40-29-36(21-26-43(40)50-45)37-22-27-44-41(30-37)48-47(51-44)34-13-5-2-6-14-34/h1-30H. The van der Waals surface area contributed by atoms with Crippen molar-refractivity contribution in [2.75, 3.05) is 4.90 Å². The normalized spacial score (nSPS) is 11.5. The van der Waals surface area contributed by atoms with Crippen molar-refractivity contribution in [2.45, 2.75) is 0 Å². The minimum atomic E-state index is 0.620. The summed E-state index contributed by atoms with van der Waals surface area (Å²) in [6.45, 7) is 0. The number of oxazole rings is 1. The molecule has 51 heavy (non-hydrogen) atoms. The van der Waals surface area contributed by atoms with Crippen LogP contribution in [0.25, 0.3) is 77.5 Å². The molecule has 0 saturated carbocycles. The highest BCUT2D eigenvalue weighted by Crippen LogP contribution is 2.44. The molecule has 0 bridgehead atoms. The van der Waals surface area contributed by atoms with Crippen LogP contribution < -0.4 is 4.90 Å². The van der Waals surface area contributed by atoms with Crippen LogP contribution in [-0.4, -0.2) is 4.98 Å². The van der Waals surface area contributed by atoms with Crippen LogP contribution in [0, 0.1) is 0 Å². The number of nitrogens with zero attached hydrogens (tertiary/aromatic N) is 2. The van der Waals surface area contributed by atoms with Crippen molar-refractivity contribution in [3.63, 3.8) is 0 Å². The van der Waals surface area contributed by atoms with E-state index in [1.54, 1.807) is 0 Å². The van der Waals surface area contributed by atoms with E-state index in [0.717, 1.165) is 66.8 Å². The number of furan rings is 1. The third kappa shape index (κ3) is 5.13. The van der Waals surface area contributed by atoms with E-state index >= 15 is 0 Å². The van der Waals surface area contributed by atoms with Crippen molar-refractivity contribution in [2.24, 2.45) is 0 Å². The molecule has 0 aliphatic heterocycles. The molecule has 0 fully saturated rings. The van der Waals surface area contributed by atoms with E-state index in [2.05, 4.69) is 150 Å². The fourth-order valence-electron chi connectivity index (χ4n) is 7.16. The zero-order chi connectivity index (χ0) is 33.7. The van der Waals surface area contributed by atoms with E-state index in [1.807, 2.05) is 36.4 Å². The van der Waals surface area contributed by atoms with Gasteiger partial charge in [-0.15, -0.1) is 0 Å². The highest BCUT2D eigenvalue weighted by molar-refractivity contribution is 6.14. The maximum Gasteiger partial charge on any atom is 0.227 e. The van der Waals surface area contributed by atoms with Crippen molar-refractivity contribution in [1.82, 2.24) is 4.98 Å². The Morgan fingerprint density at radius 2 is 1.04 bits per heavy atom. The van der Waals surface area contributed by atoms with E-state index in [0.29, 0.717) is 5.89 Å². The van der Waals surface area contributed by atoms with Gasteiger partial charge in [0.05, 0.1) is 11.1 Å². The first-order chi connectivity index (χ1) is 25.2. The van der Waals surface area contributed by atoms with Crippen molar-refractivity contribution in [3.05, 3.63) is 182 Å². The van der Waals surface area contributed by atoms with Crippen LogP contribution in [0.2, 0.25) is 0 Å². The minimum Gasteiger partial charge on any atom is -0.456 e. The van der Waals surface area contributed by atoms with Gasteiger partial charge in [-0.05, 0) is 106 Å². The Labute approximate surface area is 294 Å². The molecule has 0 N–H and O–H groups in total. The van der Waals surface area contributed by atoms with Crippen molar-refractivity contribution < 1.29 is 8.83 Å². The first-order valence-electron chi connectivity index (χ1n) is 17.1. The molecule has 10 rings (SSSR count). The molecule has 0 radical (unpaired) electrons. The van der Waals surface area contributed by atoms with E-state index in [1.165, 1.54) is 21.9 Å². The maximum atomic E-state index is 6.52. The second-order valence-corrected chi connectivity index (χ2v) is 12.8. The Hall–Kier alpha value is -6.91. The second-order valence-electron chi connectivity index (χ2n) is 12.8. The van der Waals surface area contributed by atoms with Gasteiger partial charge in [-0.25, -0.2) is 4.98 Å². The molecular formula is C47H30N2O2. The highest BCUT2D eigenvalue weighted by Gasteiger charge is 2.20. The fourth-order valence-corrected chi connectivity index (χ4v) is 7.16. The molecule has 0 amide bonds. The molecule has 0 spiro atoms. The van der Waals surface area contributed by atoms with Gasteiger partial charge in [-0.3, -0.25) is 0 Å². The average Bonchev–Trinajstić information content (AvgIpc) is 3.80. The first-order valence-corrected chi connectivity index (χ1v) is 17.1. The van der Waals surface area contributed by atoms with Crippen LogP contribution in [0.1, 0.15) is 0 Å². The Morgan fingerprint density at radius 1 is 0.392 bits per heavy atom. The number of benzene rings is 8. The number of rotatable bonds is 6. The van der Waals surface area contributed by atoms with Gasteiger partial charge in [0.1, 0.15) is 16.7 Å². The van der Waals surface area contributed by atoms with Gasteiger partial charge in [0.25, 0.3) is 0 Å². The number of anilines is 3. The number of aromatic nitrogens is 1. The monoisotopic (exact) mass is 654 g/mol. The lowest BCUT2D eigenvalue weighted by atomic mass is 10.0. The van der Waals surface area contributed by atoms with Gasteiger partial charge >= 0.3 is 0 Å². The van der Waals surface area contributed by atoms with E-state index < -0.39 is 0 Å². The number of hydrogen-bond donors (Lipinski definition) is 0. The predicted molar refractivity (Wildman–Crippen MR) is 210 cm³/mol. The third-order valence-electron chi connectivity index (χ3n) is 9.68. The van der Waals surface area contributed by atoms with Gasteiger partial charge in [-0.1, -0.05) is 109 Å². The van der Waals surface area contributed by atoms with Gasteiger partial charge in [0, 0.05) is 22.3 Å². The van der Waals surface area contributed by atoms with Crippen LogP contribution in [0.3, 0.4) is 0 Å². The number of fused-ring (bicyclic) bond motifs is 5. The van der Waals surface area contributed by atoms with Crippen LogP contribution in [0.4, 0.5) is 17.1 Å². The summed E-state index contributed by atoms with van der Waals surface area (Å²) in [5.74, 6) is 0.620. The molecular weight excluding hydrogens is 625 g/mol. The molecule has 8 aromatic carbocycles. The van der Waals surface area contributed by atoms with Gasteiger partial charge in [0.15, 0.2) is 5.58 Å². The molecule has 0 saturated heterocycles. The Bertz CT molecular complexity index is 2850. The lowest BCUT2D eigenvalue weighted by molar-refractivity contribution is 0.620. The van der Waals surface area contributed by atoms with Crippen molar-refractivity contribution >= 4 is 60.9 Å². The number of hydrogen-bond acceptors (Lipinski definition) is 4. The molecule has 2 aromatic heterocycles.